The zero-order valence-corrected chi connectivity index (χ0v) is 13.4. The van der Waals surface area contributed by atoms with Crippen LogP contribution in [0.5, 0.6) is 5.75 Å². The fourth-order valence-electron chi connectivity index (χ4n) is 2.03. The highest BCUT2D eigenvalue weighted by molar-refractivity contribution is 8.27. The highest BCUT2D eigenvalue weighted by Crippen LogP contribution is 2.36. The third-order valence-electron chi connectivity index (χ3n) is 3.13. The Morgan fingerprint density at radius 2 is 1.86 bits per heavy atom. The third kappa shape index (κ3) is 2.88. The van der Waals surface area contributed by atoms with Gasteiger partial charge in [-0.25, -0.2) is 0 Å². The quantitative estimate of drug-likeness (QED) is 0.637. The average molecular weight is 328 g/mol. The number of amides is 1. The number of nitrogens with zero attached hydrogens (tertiary/aromatic N) is 2. The summed E-state index contributed by atoms with van der Waals surface area (Å²) in [6, 6.07) is 10.9. The maximum absolute atomic E-state index is 12.6. The topological polar surface area (TPSA) is 42.4 Å². The lowest BCUT2D eigenvalue weighted by Gasteiger charge is -2.14. The number of carbonyl (C=O) groups is 1. The minimum absolute atomic E-state index is 0.114. The van der Waals surface area contributed by atoms with Crippen LogP contribution in [0.4, 0.5) is 5.69 Å². The number of hydrogen-bond donors (Lipinski definition) is 0. The maximum atomic E-state index is 12.6. The molecule has 1 fully saturated rings. The summed E-state index contributed by atoms with van der Waals surface area (Å²) in [6.45, 7) is 0. The van der Waals surface area contributed by atoms with Crippen LogP contribution >= 0.6 is 24.0 Å². The highest BCUT2D eigenvalue weighted by Gasteiger charge is 2.33. The van der Waals surface area contributed by atoms with Crippen LogP contribution in [0, 0.1) is 0 Å². The van der Waals surface area contributed by atoms with E-state index >= 15 is 0 Å². The molecule has 110 valence electrons. The summed E-state index contributed by atoms with van der Waals surface area (Å²) in [5.74, 6) is 0.624. The van der Waals surface area contributed by atoms with Gasteiger partial charge in [0.25, 0.3) is 5.91 Å². The van der Waals surface area contributed by atoms with Crippen LogP contribution in [-0.4, -0.2) is 22.3 Å². The zero-order valence-electron chi connectivity index (χ0n) is 11.7. The lowest BCUT2D eigenvalue weighted by molar-refractivity contribution is -0.113. The molecule has 1 aromatic heterocycles. The molecular formula is C16H12N2O2S2. The molecule has 0 unspecified atom stereocenters. The van der Waals surface area contributed by atoms with Crippen molar-refractivity contribution in [2.75, 3.05) is 12.0 Å². The number of methoxy groups -OCH3 is 1. The summed E-state index contributed by atoms with van der Waals surface area (Å²) >= 11 is 6.64. The van der Waals surface area contributed by atoms with E-state index in [9.17, 15) is 4.79 Å². The number of thioether (sulfide) groups is 1. The van der Waals surface area contributed by atoms with E-state index in [1.54, 1.807) is 31.6 Å². The molecule has 1 saturated heterocycles. The lowest BCUT2D eigenvalue weighted by atomic mass is 10.2. The van der Waals surface area contributed by atoms with Crippen LogP contribution in [0.25, 0.3) is 6.08 Å². The molecule has 0 saturated carbocycles. The van der Waals surface area contributed by atoms with Crippen molar-refractivity contribution in [3.8, 4) is 5.75 Å². The fourth-order valence-corrected chi connectivity index (χ4v) is 3.33. The molecular weight excluding hydrogens is 316 g/mol. The number of pyridine rings is 1. The van der Waals surface area contributed by atoms with Gasteiger partial charge in [-0.05, 0) is 48.0 Å². The maximum Gasteiger partial charge on any atom is 0.270 e. The van der Waals surface area contributed by atoms with E-state index in [2.05, 4.69) is 4.98 Å². The first-order valence-corrected chi connectivity index (χ1v) is 7.73. The Bertz CT molecular complexity index is 743. The Morgan fingerprint density at radius 1 is 1.18 bits per heavy atom. The smallest absolute Gasteiger partial charge is 0.270 e. The molecule has 1 amide bonds. The van der Waals surface area contributed by atoms with Crippen LogP contribution < -0.4 is 9.64 Å². The summed E-state index contributed by atoms with van der Waals surface area (Å²) in [4.78, 5) is 18.7. The largest absolute Gasteiger partial charge is 0.497 e. The molecule has 4 nitrogen and oxygen atoms in total. The first kappa shape index (κ1) is 14.7. The summed E-state index contributed by atoms with van der Waals surface area (Å²) in [7, 11) is 1.60. The minimum atomic E-state index is -0.114. The van der Waals surface area contributed by atoms with Crippen LogP contribution in [-0.2, 0) is 4.79 Å². The van der Waals surface area contributed by atoms with Gasteiger partial charge in [0.2, 0.25) is 0 Å². The van der Waals surface area contributed by atoms with Crippen LogP contribution in [0.3, 0.4) is 0 Å². The number of ether oxygens (including phenoxy) is 1. The number of carbonyl (C=O) groups excluding carboxylic acids is 1. The predicted octanol–water partition coefficient (Wildman–Crippen LogP) is 3.50. The minimum Gasteiger partial charge on any atom is -0.497 e. The first-order chi connectivity index (χ1) is 10.7. The van der Waals surface area contributed by atoms with E-state index in [1.165, 1.54) is 16.7 Å². The molecule has 0 bridgehead atoms. The Balaban J connectivity index is 1.89. The van der Waals surface area contributed by atoms with E-state index in [-0.39, 0.29) is 5.91 Å². The molecule has 0 spiro atoms. The Hall–Kier alpha value is -2.18. The van der Waals surface area contributed by atoms with Gasteiger partial charge in [0, 0.05) is 12.4 Å². The molecule has 0 N–H and O–H groups in total. The molecule has 22 heavy (non-hydrogen) atoms. The van der Waals surface area contributed by atoms with Gasteiger partial charge in [-0.2, -0.15) is 0 Å². The van der Waals surface area contributed by atoms with E-state index in [0.29, 0.717) is 9.23 Å². The molecule has 0 radical (unpaired) electrons. The second kappa shape index (κ2) is 6.29. The van der Waals surface area contributed by atoms with Crippen molar-refractivity contribution < 1.29 is 9.53 Å². The zero-order chi connectivity index (χ0) is 15.5. The molecule has 1 aliphatic rings. The summed E-state index contributed by atoms with van der Waals surface area (Å²) in [6.07, 6.45) is 5.20. The van der Waals surface area contributed by atoms with E-state index in [1.807, 2.05) is 30.3 Å². The Kier molecular flexibility index (Phi) is 4.22. The van der Waals surface area contributed by atoms with Crippen LogP contribution in [0.15, 0.2) is 53.7 Å². The van der Waals surface area contributed by atoms with Gasteiger partial charge in [0.05, 0.1) is 17.7 Å². The summed E-state index contributed by atoms with van der Waals surface area (Å²) < 4.78 is 5.65. The summed E-state index contributed by atoms with van der Waals surface area (Å²) in [5.41, 5.74) is 1.66. The number of aromatic nitrogens is 1. The number of hydrogen-bond acceptors (Lipinski definition) is 5. The van der Waals surface area contributed by atoms with Crippen molar-refractivity contribution in [2.24, 2.45) is 0 Å². The molecule has 3 rings (SSSR count). The Morgan fingerprint density at radius 3 is 2.50 bits per heavy atom. The number of thiocarbonyl (C=S) groups is 1. The van der Waals surface area contributed by atoms with E-state index in [4.69, 9.17) is 17.0 Å². The first-order valence-electron chi connectivity index (χ1n) is 6.51. The third-order valence-corrected chi connectivity index (χ3v) is 4.43. The lowest BCUT2D eigenvalue weighted by Crippen LogP contribution is -2.27. The average Bonchev–Trinajstić information content (AvgIpc) is 2.82. The van der Waals surface area contributed by atoms with Gasteiger partial charge < -0.3 is 4.74 Å². The molecule has 2 heterocycles. The second-order valence-corrected chi connectivity index (χ2v) is 6.17. The molecule has 2 aromatic rings. The summed E-state index contributed by atoms with van der Waals surface area (Å²) in [5, 5.41) is 0. The molecule has 1 aliphatic heterocycles. The monoisotopic (exact) mass is 328 g/mol. The SMILES string of the molecule is COc1ccc(N2C(=O)C(=Cc3ccncc3)SC2=S)cc1. The highest BCUT2D eigenvalue weighted by atomic mass is 32.2. The van der Waals surface area contributed by atoms with Gasteiger partial charge in [0.15, 0.2) is 4.32 Å². The van der Waals surface area contributed by atoms with Gasteiger partial charge in [-0.3, -0.25) is 14.7 Å². The van der Waals surface area contributed by atoms with E-state index < -0.39 is 0 Å². The molecule has 0 atom stereocenters. The van der Waals surface area contributed by atoms with Gasteiger partial charge in [-0.15, -0.1) is 0 Å². The van der Waals surface area contributed by atoms with Gasteiger partial charge >= 0.3 is 0 Å². The standard InChI is InChI=1S/C16H12N2O2S2/c1-20-13-4-2-12(3-5-13)18-15(19)14(22-16(18)21)10-11-6-8-17-9-7-11/h2-10H,1H3. The normalized spacial score (nSPS) is 16.4. The second-order valence-electron chi connectivity index (χ2n) is 4.50. The van der Waals surface area contributed by atoms with Gasteiger partial charge in [0.1, 0.15) is 5.75 Å². The molecule has 1 aromatic carbocycles. The van der Waals surface area contributed by atoms with Crippen molar-refractivity contribution in [3.05, 3.63) is 59.3 Å². The van der Waals surface area contributed by atoms with Gasteiger partial charge in [-0.1, -0.05) is 24.0 Å². The van der Waals surface area contributed by atoms with Crippen molar-refractivity contribution in [1.29, 1.82) is 0 Å². The van der Waals surface area contributed by atoms with Crippen molar-refractivity contribution in [1.82, 2.24) is 4.98 Å². The fraction of sp³-hybridized carbons (Fsp3) is 0.0625. The van der Waals surface area contributed by atoms with Crippen molar-refractivity contribution in [3.63, 3.8) is 0 Å². The number of benzene rings is 1. The van der Waals surface area contributed by atoms with Crippen molar-refractivity contribution >= 4 is 46.0 Å². The predicted molar refractivity (Wildman–Crippen MR) is 92.9 cm³/mol. The molecule has 0 aliphatic carbocycles. The van der Waals surface area contributed by atoms with E-state index in [0.717, 1.165) is 17.0 Å². The van der Waals surface area contributed by atoms with Crippen LogP contribution in [0.1, 0.15) is 5.56 Å². The number of rotatable bonds is 3. The van der Waals surface area contributed by atoms with Crippen molar-refractivity contribution in [2.45, 2.75) is 0 Å². The number of anilines is 1. The molecule has 6 heteroatoms. The van der Waals surface area contributed by atoms with Crippen LogP contribution in [0.2, 0.25) is 0 Å². The Labute approximate surface area is 137 Å².